The highest BCUT2D eigenvalue weighted by Gasteiger charge is 2.06. The molecule has 2 rings (SSSR count). The van der Waals surface area contributed by atoms with Crippen molar-refractivity contribution >= 4 is 0 Å². The molecule has 2 aromatic rings. The molecule has 0 radical (unpaired) electrons. The number of rotatable bonds is 5. The van der Waals surface area contributed by atoms with Crippen LogP contribution in [0, 0.1) is 13.8 Å². The van der Waals surface area contributed by atoms with E-state index in [2.05, 4.69) is 62.4 Å². The third kappa shape index (κ3) is 4.53. The van der Waals surface area contributed by atoms with E-state index in [1.165, 1.54) is 22.3 Å². The molecule has 1 heteroatoms. The second-order valence-electron chi connectivity index (χ2n) is 5.37. The Morgan fingerprint density at radius 2 is 1.63 bits per heavy atom. The number of benzene rings is 2. The highest BCUT2D eigenvalue weighted by atomic mass is 16.3. The summed E-state index contributed by atoms with van der Waals surface area (Å²) in [5.74, 6) is 0. The average molecular weight is 254 g/mol. The van der Waals surface area contributed by atoms with E-state index in [1.54, 1.807) is 0 Å². The lowest BCUT2D eigenvalue weighted by Crippen LogP contribution is -2.11. The summed E-state index contributed by atoms with van der Waals surface area (Å²) in [5.41, 5.74) is 5.06. The van der Waals surface area contributed by atoms with Crippen molar-refractivity contribution in [1.82, 2.24) is 0 Å². The second kappa shape index (κ2) is 6.53. The summed E-state index contributed by atoms with van der Waals surface area (Å²) < 4.78 is 0. The zero-order chi connectivity index (χ0) is 13.7. The van der Waals surface area contributed by atoms with Crippen LogP contribution in [0.15, 0.2) is 48.5 Å². The fourth-order valence-corrected chi connectivity index (χ4v) is 2.30. The molecule has 0 saturated carbocycles. The molecule has 0 bridgehead atoms. The van der Waals surface area contributed by atoms with Crippen LogP contribution < -0.4 is 0 Å². The molecule has 0 aliphatic rings. The Morgan fingerprint density at radius 1 is 0.895 bits per heavy atom. The second-order valence-corrected chi connectivity index (χ2v) is 5.37. The first kappa shape index (κ1) is 13.8. The van der Waals surface area contributed by atoms with Gasteiger partial charge in [0.05, 0.1) is 6.10 Å². The molecule has 0 amide bonds. The number of aryl methyl sites for hydroxylation is 3. The van der Waals surface area contributed by atoms with Crippen molar-refractivity contribution in [1.29, 1.82) is 0 Å². The lowest BCUT2D eigenvalue weighted by Gasteiger charge is -2.11. The summed E-state index contributed by atoms with van der Waals surface area (Å²) in [7, 11) is 0. The molecule has 0 aliphatic heterocycles. The van der Waals surface area contributed by atoms with Gasteiger partial charge in [-0.25, -0.2) is 0 Å². The molecule has 1 unspecified atom stereocenters. The lowest BCUT2D eigenvalue weighted by atomic mass is 10.00. The van der Waals surface area contributed by atoms with Crippen LogP contribution in [-0.2, 0) is 12.8 Å². The smallest absolute Gasteiger partial charge is 0.0583 e. The monoisotopic (exact) mass is 254 g/mol. The van der Waals surface area contributed by atoms with Crippen molar-refractivity contribution in [2.24, 2.45) is 0 Å². The lowest BCUT2D eigenvalue weighted by molar-refractivity contribution is 0.165. The Balaban J connectivity index is 1.84. The fraction of sp³-hybridized carbons (Fsp3) is 0.333. The van der Waals surface area contributed by atoms with E-state index < -0.39 is 0 Å². The molecule has 0 spiro atoms. The largest absolute Gasteiger partial charge is 0.393 e. The van der Waals surface area contributed by atoms with Crippen LogP contribution in [0.2, 0.25) is 0 Å². The topological polar surface area (TPSA) is 20.2 Å². The molecule has 0 aromatic heterocycles. The first-order valence-electron chi connectivity index (χ1n) is 6.92. The van der Waals surface area contributed by atoms with Crippen molar-refractivity contribution in [2.45, 2.75) is 39.2 Å². The van der Waals surface area contributed by atoms with Gasteiger partial charge in [0.15, 0.2) is 0 Å². The Labute approximate surface area is 115 Å². The van der Waals surface area contributed by atoms with Crippen molar-refractivity contribution in [3.63, 3.8) is 0 Å². The SMILES string of the molecule is Cc1ccc(CC(O)CCc2cccc(C)c2)cc1. The summed E-state index contributed by atoms with van der Waals surface area (Å²) in [6.45, 7) is 4.18. The van der Waals surface area contributed by atoms with Crippen LogP contribution in [0.5, 0.6) is 0 Å². The van der Waals surface area contributed by atoms with Crippen LogP contribution in [0.3, 0.4) is 0 Å². The maximum atomic E-state index is 10.1. The van der Waals surface area contributed by atoms with E-state index in [0.717, 1.165) is 19.3 Å². The predicted octanol–water partition coefficient (Wildman–Crippen LogP) is 3.84. The maximum absolute atomic E-state index is 10.1. The Kier molecular flexibility index (Phi) is 4.75. The van der Waals surface area contributed by atoms with Crippen LogP contribution in [0.1, 0.15) is 28.7 Å². The standard InChI is InChI=1S/C18H22O/c1-14-6-8-17(9-7-14)13-18(19)11-10-16-5-3-4-15(2)12-16/h3-9,12,18-19H,10-11,13H2,1-2H3. The molecule has 2 aromatic carbocycles. The molecule has 0 saturated heterocycles. The zero-order valence-corrected chi connectivity index (χ0v) is 11.8. The molecule has 0 fully saturated rings. The van der Waals surface area contributed by atoms with Gasteiger partial charge in [0, 0.05) is 0 Å². The van der Waals surface area contributed by atoms with Gasteiger partial charge in [0.25, 0.3) is 0 Å². The van der Waals surface area contributed by atoms with Crippen LogP contribution >= 0.6 is 0 Å². The van der Waals surface area contributed by atoms with Crippen molar-refractivity contribution in [3.8, 4) is 0 Å². The van der Waals surface area contributed by atoms with E-state index >= 15 is 0 Å². The normalized spacial score (nSPS) is 12.4. The van der Waals surface area contributed by atoms with E-state index in [0.29, 0.717) is 0 Å². The van der Waals surface area contributed by atoms with Crippen LogP contribution in [0.4, 0.5) is 0 Å². The molecule has 0 aliphatic carbocycles. The molecular weight excluding hydrogens is 232 g/mol. The van der Waals surface area contributed by atoms with Gasteiger partial charge in [-0.2, -0.15) is 0 Å². The van der Waals surface area contributed by atoms with E-state index in [1.807, 2.05) is 0 Å². The van der Waals surface area contributed by atoms with Gasteiger partial charge in [-0.05, 0) is 44.2 Å². The predicted molar refractivity (Wildman–Crippen MR) is 80.4 cm³/mol. The van der Waals surface area contributed by atoms with Crippen LogP contribution in [-0.4, -0.2) is 11.2 Å². The number of hydrogen-bond acceptors (Lipinski definition) is 1. The summed E-state index contributed by atoms with van der Waals surface area (Å²) in [4.78, 5) is 0. The summed E-state index contributed by atoms with van der Waals surface area (Å²) in [6.07, 6.45) is 2.24. The van der Waals surface area contributed by atoms with Crippen molar-refractivity contribution in [2.75, 3.05) is 0 Å². The molecule has 1 N–H and O–H groups in total. The summed E-state index contributed by atoms with van der Waals surface area (Å²) >= 11 is 0. The van der Waals surface area contributed by atoms with E-state index in [-0.39, 0.29) is 6.10 Å². The van der Waals surface area contributed by atoms with Crippen molar-refractivity contribution < 1.29 is 5.11 Å². The average Bonchev–Trinajstić information content (AvgIpc) is 2.39. The van der Waals surface area contributed by atoms with Gasteiger partial charge in [-0.15, -0.1) is 0 Å². The maximum Gasteiger partial charge on any atom is 0.0583 e. The zero-order valence-electron chi connectivity index (χ0n) is 11.8. The molecular formula is C18H22O. The Morgan fingerprint density at radius 3 is 2.32 bits per heavy atom. The summed E-state index contributed by atoms with van der Waals surface area (Å²) in [6, 6.07) is 16.9. The Hall–Kier alpha value is -1.60. The first-order chi connectivity index (χ1) is 9.13. The third-order valence-electron chi connectivity index (χ3n) is 3.44. The highest BCUT2D eigenvalue weighted by Crippen LogP contribution is 2.12. The van der Waals surface area contributed by atoms with Gasteiger partial charge in [-0.1, -0.05) is 59.7 Å². The number of hydrogen-bond donors (Lipinski definition) is 1. The van der Waals surface area contributed by atoms with Gasteiger partial charge < -0.3 is 5.11 Å². The molecule has 1 nitrogen and oxygen atoms in total. The molecule has 100 valence electrons. The highest BCUT2D eigenvalue weighted by molar-refractivity contribution is 5.23. The molecule has 0 heterocycles. The van der Waals surface area contributed by atoms with Gasteiger partial charge in [0.2, 0.25) is 0 Å². The van der Waals surface area contributed by atoms with Gasteiger partial charge >= 0.3 is 0 Å². The van der Waals surface area contributed by atoms with Crippen LogP contribution in [0.25, 0.3) is 0 Å². The summed E-state index contributed by atoms with van der Waals surface area (Å²) in [5, 5.41) is 10.1. The third-order valence-corrected chi connectivity index (χ3v) is 3.44. The van der Waals surface area contributed by atoms with E-state index in [9.17, 15) is 5.11 Å². The minimum Gasteiger partial charge on any atom is -0.393 e. The molecule has 1 atom stereocenters. The quantitative estimate of drug-likeness (QED) is 0.859. The first-order valence-corrected chi connectivity index (χ1v) is 6.92. The van der Waals surface area contributed by atoms with Gasteiger partial charge in [0.1, 0.15) is 0 Å². The fourth-order valence-electron chi connectivity index (χ4n) is 2.30. The Bertz CT molecular complexity index is 513. The van der Waals surface area contributed by atoms with Crippen molar-refractivity contribution in [3.05, 3.63) is 70.8 Å². The number of aliphatic hydroxyl groups is 1. The number of aliphatic hydroxyl groups excluding tert-OH is 1. The minimum atomic E-state index is -0.261. The minimum absolute atomic E-state index is 0.261. The van der Waals surface area contributed by atoms with Gasteiger partial charge in [-0.3, -0.25) is 0 Å². The van der Waals surface area contributed by atoms with E-state index in [4.69, 9.17) is 0 Å². The molecule has 19 heavy (non-hydrogen) atoms.